The second-order valence-electron chi connectivity index (χ2n) is 7.12. The molecule has 1 unspecified atom stereocenters. The van der Waals surface area contributed by atoms with Gasteiger partial charge in [0.1, 0.15) is 11.3 Å². The van der Waals surface area contributed by atoms with Crippen LogP contribution in [0.25, 0.3) is 0 Å². The zero-order chi connectivity index (χ0) is 18.6. The number of piperidine rings is 1. The normalized spacial score (nSPS) is 17.9. The van der Waals surface area contributed by atoms with Crippen molar-refractivity contribution < 1.29 is 14.5 Å². The molecule has 1 heterocycles. The van der Waals surface area contributed by atoms with Crippen molar-refractivity contribution in [2.24, 2.45) is 0 Å². The van der Waals surface area contributed by atoms with Gasteiger partial charge < -0.3 is 15.0 Å². The number of nitrogens with one attached hydrogen (secondary N) is 1. The molecule has 7 nitrogen and oxygen atoms in total. The Labute approximate surface area is 152 Å². The minimum atomic E-state index is -0.557. The lowest BCUT2D eigenvalue weighted by Gasteiger charge is -2.37. The number of nitro benzene ring substituents is 1. The van der Waals surface area contributed by atoms with E-state index in [0.717, 1.165) is 19.3 Å². The number of benzene rings is 1. The summed E-state index contributed by atoms with van der Waals surface area (Å²) in [5, 5.41) is 14.6. The summed E-state index contributed by atoms with van der Waals surface area (Å²) in [6.07, 6.45) is 2.40. The third-order valence-electron chi connectivity index (χ3n) is 3.94. The van der Waals surface area contributed by atoms with Crippen molar-refractivity contribution in [2.45, 2.75) is 51.7 Å². The Morgan fingerprint density at radius 2 is 2.16 bits per heavy atom. The number of carbonyl (C=O) groups excluding carboxylic acids is 1. The number of likely N-dealkylation sites (tertiary alicyclic amines) is 1. The molecule has 1 aliphatic rings. The topological polar surface area (TPSA) is 84.7 Å². The molecule has 1 aromatic rings. The van der Waals surface area contributed by atoms with Crippen LogP contribution in [-0.4, -0.2) is 40.6 Å². The number of rotatable bonds is 4. The van der Waals surface area contributed by atoms with Gasteiger partial charge in [-0.25, -0.2) is 4.79 Å². The Morgan fingerprint density at radius 1 is 1.44 bits per heavy atom. The van der Waals surface area contributed by atoms with E-state index in [2.05, 4.69) is 5.32 Å². The average Bonchev–Trinajstić information content (AvgIpc) is 2.51. The van der Waals surface area contributed by atoms with Crippen LogP contribution in [0.2, 0.25) is 5.02 Å². The van der Waals surface area contributed by atoms with Crippen molar-refractivity contribution in [1.82, 2.24) is 4.90 Å². The van der Waals surface area contributed by atoms with Crippen molar-refractivity contribution >= 4 is 29.1 Å². The Balaban J connectivity index is 2.08. The summed E-state index contributed by atoms with van der Waals surface area (Å²) in [5.41, 5.74) is -0.241. The van der Waals surface area contributed by atoms with E-state index in [1.54, 1.807) is 4.90 Å². The predicted molar refractivity (Wildman–Crippen MR) is 97.2 cm³/mol. The van der Waals surface area contributed by atoms with Crippen molar-refractivity contribution in [3.8, 4) is 0 Å². The van der Waals surface area contributed by atoms with Crippen molar-refractivity contribution in [3.05, 3.63) is 33.3 Å². The molecule has 8 heteroatoms. The summed E-state index contributed by atoms with van der Waals surface area (Å²) in [4.78, 5) is 24.8. The highest BCUT2D eigenvalue weighted by Crippen LogP contribution is 2.28. The third-order valence-corrected chi connectivity index (χ3v) is 4.17. The molecule has 1 N–H and O–H groups in total. The molecule has 1 atom stereocenters. The number of hydrogen-bond acceptors (Lipinski definition) is 5. The van der Waals surface area contributed by atoms with E-state index in [-0.39, 0.29) is 17.8 Å². The Kier molecular flexibility index (Phi) is 6.11. The van der Waals surface area contributed by atoms with Crippen molar-refractivity contribution in [3.63, 3.8) is 0 Å². The first-order valence-electron chi connectivity index (χ1n) is 8.35. The molecule has 1 aromatic carbocycles. The van der Waals surface area contributed by atoms with Gasteiger partial charge in [0.15, 0.2) is 0 Å². The fourth-order valence-corrected chi connectivity index (χ4v) is 2.98. The molecule has 0 aromatic heterocycles. The lowest BCUT2D eigenvalue weighted by atomic mass is 10.0. The predicted octanol–water partition coefficient (Wildman–Crippen LogP) is 4.45. The van der Waals surface area contributed by atoms with E-state index < -0.39 is 10.5 Å². The van der Waals surface area contributed by atoms with Gasteiger partial charge in [0.2, 0.25) is 0 Å². The van der Waals surface area contributed by atoms with E-state index in [9.17, 15) is 14.9 Å². The van der Waals surface area contributed by atoms with Crippen LogP contribution in [-0.2, 0) is 4.74 Å². The van der Waals surface area contributed by atoms with Gasteiger partial charge in [-0.1, -0.05) is 11.6 Å². The highest BCUT2D eigenvalue weighted by molar-refractivity contribution is 6.31. The van der Waals surface area contributed by atoms with E-state index >= 15 is 0 Å². The summed E-state index contributed by atoms with van der Waals surface area (Å²) >= 11 is 5.95. The maximum atomic E-state index is 12.4. The van der Waals surface area contributed by atoms with Gasteiger partial charge in [0.25, 0.3) is 5.69 Å². The minimum Gasteiger partial charge on any atom is -0.444 e. The first-order valence-corrected chi connectivity index (χ1v) is 8.72. The Morgan fingerprint density at radius 3 is 2.80 bits per heavy atom. The molecule has 1 amide bonds. The second kappa shape index (κ2) is 7.91. The van der Waals surface area contributed by atoms with Crippen LogP contribution < -0.4 is 5.32 Å². The summed E-state index contributed by atoms with van der Waals surface area (Å²) in [6, 6.07) is 4.30. The van der Waals surface area contributed by atoms with Crippen LogP contribution in [0, 0.1) is 10.1 Å². The molecular formula is C17H24ClN3O4. The van der Waals surface area contributed by atoms with E-state index in [0.29, 0.717) is 23.8 Å². The average molecular weight is 370 g/mol. The van der Waals surface area contributed by atoms with E-state index in [4.69, 9.17) is 16.3 Å². The Bertz CT molecular complexity index is 645. The van der Waals surface area contributed by atoms with Crippen molar-refractivity contribution in [1.29, 1.82) is 0 Å². The zero-order valence-corrected chi connectivity index (χ0v) is 15.5. The zero-order valence-electron chi connectivity index (χ0n) is 14.8. The maximum absolute atomic E-state index is 12.4. The number of halogens is 1. The summed E-state index contributed by atoms with van der Waals surface area (Å²) in [6.45, 7) is 6.52. The summed E-state index contributed by atoms with van der Waals surface area (Å²) in [7, 11) is 0. The molecule has 2 rings (SSSR count). The van der Waals surface area contributed by atoms with Crippen molar-refractivity contribution in [2.75, 3.05) is 18.4 Å². The fourth-order valence-electron chi connectivity index (χ4n) is 2.81. The molecular weight excluding hydrogens is 346 g/mol. The van der Waals surface area contributed by atoms with Gasteiger partial charge in [-0.2, -0.15) is 0 Å². The SMILES string of the molecule is CC(C)(C)OC(=O)N1CCCCC1CNc1cc(Cl)ccc1[N+](=O)[O-]. The van der Waals surface area contributed by atoms with Gasteiger partial charge >= 0.3 is 6.09 Å². The largest absolute Gasteiger partial charge is 0.444 e. The standard InChI is InChI=1S/C17H24ClN3O4/c1-17(2,3)25-16(22)20-9-5-4-6-13(20)11-19-14-10-12(18)7-8-15(14)21(23)24/h7-8,10,13,19H,4-6,9,11H2,1-3H3. The summed E-state index contributed by atoms with van der Waals surface area (Å²) < 4.78 is 5.47. The van der Waals surface area contributed by atoms with Crippen LogP contribution in [0.4, 0.5) is 16.2 Å². The van der Waals surface area contributed by atoms with Gasteiger partial charge in [0.05, 0.1) is 11.0 Å². The van der Waals surface area contributed by atoms with Gasteiger partial charge in [-0.3, -0.25) is 10.1 Å². The van der Waals surface area contributed by atoms with Gasteiger partial charge in [-0.05, 0) is 52.2 Å². The number of anilines is 1. The number of nitro groups is 1. The Hall–Kier alpha value is -2.02. The minimum absolute atomic E-state index is 0.0379. The highest BCUT2D eigenvalue weighted by atomic mass is 35.5. The monoisotopic (exact) mass is 369 g/mol. The van der Waals surface area contributed by atoms with Crippen LogP contribution in [0.15, 0.2) is 18.2 Å². The number of ether oxygens (including phenoxy) is 1. The summed E-state index contributed by atoms with van der Waals surface area (Å²) in [5.74, 6) is 0. The molecule has 0 saturated carbocycles. The quantitative estimate of drug-likeness (QED) is 0.626. The lowest BCUT2D eigenvalue weighted by Crippen LogP contribution is -2.48. The first kappa shape index (κ1) is 19.3. The molecule has 1 aliphatic heterocycles. The molecule has 0 spiro atoms. The van der Waals surface area contributed by atoms with Gasteiger partial charge in [-0.15, -0.1) is 0 Å². The second-order valence-corrected chi connectivity index (χ2v) is 7.56. The lowest BCUT2D eigenvalue weighted by molar-refractivity contribution is -0.384. The molecule has 25 heavy (non-hydrogen) atoms. The number of amides is 1. The smallest absolute Gasteiger partial charge is 0.410 e. The number of nitrogens with zero attached hydrogens (tertiary/aromatic N) is 2. The van der Waals surface area contributed by atoms with Crippen LogP contribution in [0.3, 0.4) is 0 Å². The van der Waals surface area contributed by atoms with E-state index in [1.165, 1.54) is 18.2 Å². The van der Waals surface area contributed by atoms with Gasteiger partial charge in [0, 0.05) is 24.2 Å². The van der Waals surface area contributed by atoms with Crippen LogP contribution >= 0.6 is 11.6 Å². The molecule has 0 aliphatic carbocycles. The van der Waals surface area contributed by atoms with Crippen LogP contribution in [0.1, 0.15) is 40.0 Å². The maximum Gasteiger partial charge on any atom is 0.410 e. The van der Waals surface area contributed by atoms with E-state index in [1.807, 2.05) is 20.8 Å². The molecule has 1 saturated heterocycles. The molecule has 0 radical (unpaired) electrons. The third kappa shape index (κ3) is 5.49. The highest BCUT2D eigenvalue weighted by Gasteiger charge is 2.30. The van der Waals surface area contributed by atoms with Crippen LogP contribution in [0.5, 0.6) is 0 Å². The number of carbonyl (C=O) groups is 1. The molecule has 0 bridgehead atoms. The number of hydrogen-bond donors (Lipinski definition) is 1. The fraction of sp³-hybridized carbons (Fsp3) is 0.588. The first-order chi connectivity index (χ1) is 11.7. The molecule has 138 valence electrons. The molecule has 1 fully saturated rings.